The molecular weight excluding hydrogens is 268 g/mol. The lowest BCUT2D eigenvalue weighted by Crippen LogP contribution is -2.47. The largest absolute Gasteiger partial charge is 0.370 e. The molecule has 4 heterocycles. The average molecular weight is 288 g/mol. The van der Waals surface area contributed by atoms with Crippen LogP contribution in [0.1, 0.15) is 30.8 Å². The number of nitrogens with zero attached hydrogens (tertiary/aromatic N) is 6. The lowest BCUT2D eigenvalue weighted by atomic mass is 10.0. The molecule has 2 atom stereocenters. The zero-order valence-corrected chi connectivity index (χ0v) is 12.2. The predicted molar refractivity (Wildman–Crippen MR) is 75.4 cm³/mol. The van der Waals surface area contributed by atoms with E-state index in [0.717, 1.165) is 44.0 Å². The summed E-state index contributed by atoms with van der Waals surface area (Å²) in [5.41, 5.74) is 2.21. The summed E-state index contributed by atoms with van der Waals surface area (Å²) in [5, 5.41) is 12.8. The van der Waals surface area contributed by atoms with Crippen molar-refractivity contribution < 1.29 is 4.74 Å². The molecule has 7 heteroatoms. The van der Waals surface area contributed by atoms with Crippen LogP contribution in [0.3, 0.4) is 0 Å². The molecule has 2 aromatic rings. The standard InChI is InChI=1S/C14H20N6O/c1-2-19-6-3-11(16-19)8-18-5-4-14-13(9-18)20-12(10-21-14)7-15-17-20/h3,6-7,13-14H,2,4-5,8-10H2,1H3/t13-,14+/m1/s1. The molecule has 1 fully saturated rings. The van der Waals surface area contributed by atoms with Crippen molar-refractivity contribution in [2.45, 2.75) is 45.2 Å². The van der Waals surface area contributed by atoms with Crippen LogP contribution in [-0.2, 0) is 24.4 Å². The first-order valence-corrected chi connectivity index (χ1v) is 7.59. The van der Waals surface area contributed by atoms with E-state index in [9.17, 15) is 0 Å². The molecule has 2 aliphatic heterocycles. The molecule has 0 aromatic carbocycles. The van der Waals surface area contributed by atoms with E-state index in [1.165, 1.54) is 0 Å². The van der Waals surface area contributed by atoms with Crippen LogP contribution >= 0.6 is 0 Å². The Morgan fingerprint density at radius 2 is 2.38 bits per heavy atom. The van der Waals surface area contributed by atoms with Gasteiger partial charge in [-0.3, -0.25) is 9.58 Å². The van der Waals surface area contributed by atoms with Crippen molar-refractivity contribution in [3.05, 3.63) is 29.8 Å². The third kappa shape index (κ3) is 2.36. The van der Waals surface area contributed by atoms with Gasteiger partial charge in [-0.1, -0.05) is 5.21 Å². The topological polar surface area (TPSA) is 61.0 Å². The minimum absolute atomic E-state index is 0.267. The van der Waals surface area contributed by atoms with Gasteiger partial charge in [0.2, 0.25) is 0 Å². The zero-order chi connectivity index (χ0) is 14.2. The minimum atomic E-state index is 0.267. The molecule has 0 saturated carbocycles. The maximum absolute atomic E-state index is 5.94. The maximum atomic E-state index is 5.94. The fourth-order valence-electron chi connectivity index (χ4n) is 3.28. The SMILES string of the molecule is CCn1ccc(CN2CC[C@@H]3OCc4cnnn4[C@@H]3C2)n1. The molecule has 0 amide bonds. The van der Waals surface area contributed by atoms with Gasteiger partial charge >= 0.3 is 0 Å². The van der Waals surface area contributed by atoms with E-state index in [4.69, 9.17) is 4.74 Å². The van der Waals surface area contributed by atoms with Crippen molar-refractivity contribution in [1.29, 1.82) is 0 Å². The Balaban J connectivity index is 1.48. The van der Waals surface area contributed by atoms with Gasteiger partial charge in [-0.25, -0.2) is 4.68 Å². The van der Waals surface area contributed by atoms with E-state index in [-0.39, 0.29) is 12.1 Å². The Morgan fingerprint density at radius 1 is 1.43 bits per heavy atom. The second-order valence-corrected chi connectivity index (χ2v) is 5.77. The second kappa shape index (κ2) is 5.23. The molecule has 21 heavy (non-hydrogen) atoms. The lowest BCUT2D eigenvalue weighted by Gasteiger charge is -2.40. The first kappa shape index (κ1) is 13.0. The van der Waals surface area contributed by atoms with Crippen molar-refractivity contribution in [3.63, 3.8) is 0 Å². The molecule has 0 unspecified atom stereocenters. The van der Waals surface area contributed by atoms with Gasteiger partial charge in [0.05, 0.1) is 36.3 Å². The van der Waals surface area contributed by atoms with E-state index in [1.807, 2.05) is 15.6 Å². The summed E-state index contributed by atoms with van der Waals surface area (Å²) in [6.45, 7) is 6.54. The van der Waals surface area contributed by atoms with Gasteiger partial charge < -0.3 is 4.74 Å². The summed E-state index contributed by atoms with van der Waals surface area (Å²) >= 11 is 0. The van der Waals surface area contributed by atoms with Crippen LogP contribution in [0, 0.1) is 0 Å². The molecule has 7 nitrogen and oxygen atoms in total. The highest BCUT2D eigenvalue weighted by Crippen LogP contribution is 2.30. The highest BCUT2D eigenvalue weighted by atomic mass is 16.5. The molecular formula is C14H20N6O. The molecule has 0 N–H and O–H groups in total. The Kier molecular flexibility index (Phi) is 3.23. The molecule has 0 aliphatic carbocycles. The van der Waals surface area contributed by atoms with Gasteiger partial charge in [-0.15, -0.1) is 5.10 Å². The van der Waals surface area contributed by atoms with Crippen molar-refractivity contribution >= 4 is 0 Å². The van der Waals surface area contributed by atoms with E-state index in [2.05, 4.69) is 33.3 Å². The summed E-state index contributed by atoms with van der Waals surface area (Å²) in [4.78, 5) is 2.43. The fraction of sp³-hybridized carbons (Fsp3) is 0.643. The highest BCUT2D eigenvalue weighted by Gasteiger charge is 2.36. The average Bonchev–Trinajstić information content (AvgIpc) is 3.15. The third-order valence-corrected chi connectivity index (χ3v) is 4.42. The number of likely N-dealkylation sites (tertiary alicyclic amines) is 1. The van der Waals surface area contributed by atoms with Crippen LogP contribution in [-0.4, -0.2) is 48.9 Å². The van der Waals surface area contributed by atoms with E-state index < -0.39 is 0 Å². The third-order valence-electron chi connectivity index (χ3n) is 4.42. The number of ether oxygens (including phenoxy) is 1. The van der Waals surface area contributed by atoms with Crippen molar-refractivity contribution in [2.75, 3.05) is 13.1 Å². The summed E-state index contributed by atoms with van der Waals surface area (Å²) < 4.78 is 9.96. The highest BCUT2D eigenvalue weighted by molar-refractivity contribution is 5.03. The smallest absolute Gasteiger partial charge is 0.0930 e. The number of hydrogen-bond donors (Lipinski definition) is 0. The molecule has 0 bridgehead atoms. The maximum Gasteiger partial charge on any atom is 0.0930 e. The number of aryl methyl sites for hydroxylation is 1. The van der Waals surface area contributed by atoms with Crippen molar-refractivity contribution in [3.8, 4) is 0 Å². The molecule has 2 aliphatic rings. The number of aromatic nitrogens is 5. The summed E-state index contributed by atoms with van der Waals surface area (Å²) in [6, 6.07) is 2.38. The quantitative estimate of drug-likeness (QED) is 0.837. The molecule has 1 saturated heterocycles. The number of rotatable bonds is 3. The minimum Gasteiger partial charge on any atom is -0.370 e. The van der Waals surface area contributed by atoms with E-state index in [0.29, 0.717) is 6.61 Å². The monoisotopic (exact) mass is 288 g/mol. The fourth-order valence-corrected chi connectivity index (χ4v) is 3.28. The summed E-state index contributed by atoms with van der Waals surface area (Å²) in [6.07, 6.45) is 5.15. The Morgan fingerprint density at radius 3 is 3.24 bits per heavy atom. The molecule has 0 spiro atoms. The Bertz CT molecular complexity index is 621. The van der Waals surface area contributed by atoms with Crippen LogP contribution in [0.15, 0.2) is 18.5 Å². The van der Waals surface area contributed by atoms with Crippen LogP contribution in [0.2, 0.25) is 0 Å². The second-order valence-electron chi connectivity index (χ2n) is 5.77. The Labute approximate surface area is 123 Å². The van der Waals surface area contributed by atoms with Gasteiger partial charge in [0.25, 0.3) is 0 Å². The first-order valence-electron chi connectivity index (χ1n) is 7.59. The zero-order valence-electron chi connectivity index (χ0n) is 12.2. The molecule has 4 rings (SSSR count). The van der Waals surface area contributed by atoms with Crippen molar-refractivity contribution in [2.24, 2.45) is 0 Å². The van der Waals surface area contributed by atoms with Gasteiger partial charge in [-0.05, 0) is 19.4 Å². The normalized spacial score (nSPS) is 25.6. The van der Waals surface area contributed by atoms with Gasteiger partial charge in [0, 0.05) is 32.4 Å². The number of fused-ring (bicyclic) bond motifs is 3. The Hall–Kier alpha value is -1.73. The molecule has 2 aromatic heterocycles. The van der Waals surface area contributed by atoms with Gasteiger partial charge in [0.1, 0.15) is 0 Å². The van der Waals surface area contributed by atoms with Crippen LogP contribution in [0.25, 0.3) is 0 Å². The van der Waals surface area contributed by atoms with Gasteiger partial charge in [0.15, 0.2) is 0 Å². The van der Waals surface area contributed by atoms with Crippen LogP contribution in [0.4, 0.5) is 0 Å². The van der Waals surface area contributed by atoms with E-state index in [1.54, 1.807) is 6.20 Å². The first-order chi connectivity index (χ1) is 10.3. The number of piperidine rings is 1. The van der Waals surface area contributed by atoms with Crippen LogP contribution in [0.5, 0.6) is 0 Å². The molecule has 0 radical (unpaired) electrons. The summed E-state index contributed by atoms with van der Waals surface area (Å²) in [7, 11) is 0. The summed E-state index contributed by atoms with van der Waals surface area (Å²) in [5.74, 6) is 0. The lowest BCUT2D eigenvalue weighted by molar-refractivity contribution is -0.0671. The van der Waals surface area contributed by atoms with Gasteiger partial charge in [-0.2, -0.15) is 5.10 Å². The van der Waals surface area contributed by atoms with Crippen molar-refractivity contribution in [1.82, 2.24) is 29.7 Å². The molecule has 112 valence electrons. The van der Waals surface area contributed by atoms with E-state index >= 15 is 0 Å². The predicted octanol–water partition coefficient (Wildman–Crippen LogP) is 0.840. The number of hydrogen-bond acceptors (Lipinski definition) is 5. The van der Waals surface area contributed by atoms with Crippen LogP contribution < -0.4 is 0 Å².